The number of aryl methyl sites for hydroxylation is 1. The van der Waals surface area contributed by atoms with Gasteiger partial charge in [-0.2, -0.15) is 0 Å². The fourth-order valence-electron chi connectivity index (χ4n) is 3.58. The number of hydrogen-bond acceptors (Lipinski definition) is 4. The lowest BCUT2D eigenvalue weighted by molar-refractivity contribution is 0.146. The summed E-state index contributed by atoms with van der Waals surface area (Å²) in [5.74, 6) is 1.77. The Labute approximate surface area is 159 Å². The summed E-state index contributed by atoms with van der Waals surface area (Å²) in [6, 6.07) is 19.1. The molecule has 27 heavy (non-hydrogen) atoms. The van der Waals surface area contributed by atoms with Crippen molar-refractivity contribution in [3.63, 3.8) is 0 Å². The van der Waals surface area contributed by atoms with Crippen LogP contribution in [0.4, 0.5) is 0 Å². The van der Waals surface area contributed by atoms with Gasteiger partial charge in [0.2, 0.25) is 0 Å². The molecule has 1 aliphatic rings. The number of hydrogen-bond donors (Lipinski definition) is 1. The third kappa shape index (κ3) is 3.40. The average Bonchev–Trinajstić information content (AvgIpc) is 3.23. The van der Waals surface area contributed by atoms with Crippen molar-refractivity contribution < 1.29 is 9.47 Å². The van der Waals surface area contributed by atoms with Gasteiger partial charge in [0.1, 0.15) is 18.2 Å². The monoisotopic (exact) mass is 360 g/mol. The molecule has 0 atom stereocenters. The molecule has 0 saturated carbocycles. The second-order valence-corrected chi connectivity index (χ2v) is 6.66. The summed E-state index contributed by atoms with van der Waals surface area (Å²) in [5.41, 5.74) is 4.54. The molecule has 1 heterocycles. The zero-order valence-corrected chi connectivity index (χ0v) is 15.8. The molecule has 0 saturated heterocycles. The number of aliphatic imine (C=N–C) groups is 1. The molecule has 0 bridgehead atoms. The predicted octanol–water partition coefficient (Wildman–Crippen LogP) is 4.19. The maximum atomic E-state index is 6.29. The number of nitrogens with one attached hydrogen (secondary N) is 1. The smallest absolute Gasteiger partial charge is 0.138 e. The third-order valence-electron chi connectivity index (χ3n) is 4.88. The molecule has 0 unspecified atom stereocenters. The molecule has 4 heteroatoms. The van der Waals surface area contributed by atoms with Crippen molar-refractivity contribution in [3.8, 4) is 16.9 Å². The molecular weight excluding hydrogens is 336 g/mol. The fraction of sp³-hybridized carbons (Fsp3) is 0.261. The van der Waals surface area contributed by atoms with E-state index in [1.54, 1.807) is 7.11 Å². The van der Waals surface area contributed by atoms with Crippen molar-refractivity contribution in [2.24, 2.45) is 4.99 Å². The first-order valence-electron chi connectivity index (χ1n) is 9.32. The van der Waals surface area contributed by atoms with E-state index in [0.717, 1.165) is 35.8 Å². The Balaban J connectivity index is 2.01. The molecule has 0 aromatic heterocycles. The van der Waals surface area contributed by atoms with E-state index >= 15 is 0 Å². The van der Waals surface area contributed by atoms with E-state index in [1.807, 2.05) is 0 Å². The van der Waals surface area contributed by atoms with Gasteiger partial charge in [-0.3, -0.25) is 4.99 Å². The van der Waals surface area contributed by atoms with Crippen LogP contribution < -0.4 is 10.1 Å². The minimum Gasteiger partial charge on any atom is -0.490 e. The summed E-state index contributed by atoms with van der Waals surface area (Å²) < 4.78 is 11.5. The standard InChI is InChI=1S/C23H24N2O2/c1-16-7-3-5-9-18(16)21-19-10-6-4-8-17(19)15-20(23-24-11-12-25-23)22(21)27-14-13-26-2/h3-10,15H,11-14H2,1-2H3,(H,24,25). The van der Waals surface area contributed by atoms with Crippen molar-refractivity contribution in [3.05, 3.63) is 65.7 Å². The number of amidine groups is 1. The second kappa shape index (κ2) is 7.80. The lowest BCUT2D eigenvalue weighted by Crippen LogP contribution is -2.21. The maximum Gasteiger partial charge on any atom is 0.138 e. The average molecular weight is 360 g/mol. The van der Waals surface area contributed by atoms with Crippen LogP contribution in [0.5, 0.6) is 5.75 Å². The third-order valence-corrected chi connectivity index (χ3v) is 4.88. The van der Waals surface area contributed by atoms with E-state index in [-0.39, 0.29) is 0 Å². The van der Waals surface area contributed by atoms with Crippen LogP contribution >= 0.6 is 0 Å². The van der Waals surface area contributed by atoms with Gasteiger partial charge in [-0.1, -0.05) is 48.5 Å². The van der Waals surface area contributed by atoms with E-state index in [2.05, 4.69) is 71.8 Å². The van der Waals surface area contributed by atoms with E-state index in [9.17, 15) is 0 Å². The van der Waals surface area contributed by atoms with Crippen molar-refractivity contribution in [2.75, 3.05) is 33.4 Å². The van der Waals surface area contributed by atoms with Gasteiger partial charge in [-0.25, -0.2) is 0 Å². The van der Waals surface area contributed by atoms with E-state index in [4.69, 9.17) is 9.47 Å². The first kappa shape index (κ1) is 17.6. The summed E-state index contributed by atoms with van der Waals surface area (Å²) in [5, 5.41) is 5.76. The molecule has 0 fully saturated rings. The normalized spacial score (nSPS) is 13.5. The second-order valence-electron chi connectivity index (χ2n) is 6.66. The Morgan fingerprint density at radius 3 is 2.59 bits per heavy atom. The van der Waals surface area contributed by atoms with Crippen LogP contribution in [-0.4, -0.2) is 39.2 Å². The Morgan fingerprint density at radius 1 is 1.00 bits per heavy atom. The van der Waals surface area contributed by atoms with Gasteiger partial charge in [-0.15, -0.1) is 0 Å². The molecule has 0 radical (unpaired) electrons. The summed E-state index contributed by atoms with van der Waals surface area (Å²) >= 11 is 0. The molecular formula is C23H24N2O2. The summed E-state index contributed by atoms with van der Waals surface area (Å²) in [6.45, 7) is 4.83. The van der Waals surface area contributed by atoms with E-state index in [0.29, 0.717) is 13.2 Å². The van der Waals surface area contributed by atoms with Crippen LogP contribution in [0.1, 0.15) is 11.1 Å². The molecule has 1 N–H and O–H groups in total. The van der Waals surface area contributed by atoms with Crippen LogP contribution in [0.2, 0.25) is 0 Å². The summed E-state index contributed by atoms with van der Waals surface area (Å²) in [6.07, 6.45) is 0. The SMILES string of the molecule is COCCOc1c(C2=NCCN2)cc2ccccc2c1-c1ccccc1C. The molecule has 0 spiro atoms. The van der Waals surface area contributed by atoms with Crippen molar-refractivity contribution in [1.82, 2.24) is 5.32 Å². The molecule has 1 aliphatic heterocycles. The van der Waals surface area contributed by atoms with Gasteiger partial charge in [0.15, 0.2) is 0 Å². The minimum absolute atomic E-state index is 0.494. The Kier molecular flexibility index (Phi) is 5.07. The van der Waals surface area contributed by atoms with Gasteiger partial charge in [0.05, 0.1) is 18.7 Å². The largest absolute Gasteiger partial charge is 0.490 e. The minimum atomic E-state index is 0.494. The first-order valence-corrected chi connectivity index (χ1v) is 9.32. The molecule has 4 rings (SSSR count). The van der Waals surface area contributed by atoms with E-state index in [1.165, 1.54) is 21.9 Å². The molecule has 0 amide bonds. The Morgan fingerprint density at radius 2 is 1.81 bits per heavy atom. The van der Waals surface area contributed by atoms with Crippen LogP contribution in [0.25, 0.3) is 21.9 Å². The van der Waals surface area contributed by atoms with Gasteiger partial charge >= 0.3 is 0 Å². The van der Waals surface area contributed by atoms with Crippen LogP contribution in [0, 0.1) is 6.92 Å². The number of nitrogens with zero attached hydrogens (tertiary/aromatic N) is 1. The molecule has 138 valence electrons. The van der Waals surface area contributed by atoms with Gasteiger partial charge in [0.25, 0.3) is 0 Å². The number of methoxy groups -OCH3 is 1. The lowest BCUT2D eigenvalue weighted by Gasteiger charge is -2.20. The van der Waals surface area contributed by atoms with Crippen molar-refractivity contribution >= 4 is 16.6 Å². The van der Waals surface area contributed by atoms with Crippen molar-refractivity contribution in [2.45, 2.75) is 6.92 Å². The van der Waals surface area contributed by atoms with Crippen molar-refractivity contribution in [1.29, 1.82) is 0 Å². The van der Waals surface area contributed by atoms with Gasteiger partial charge in [0, 0.05) is 19.2 Å². The maximum absolute atomic E-state index is 6.29. The zero-order valence-electron chi connectivity index (χ0n) is 15.8. The highest BCUT2D eigenvalue weighted by Gasteiger charge is 2.22. The van der Waals surface area contributed by atoms with Gasteiger partial charge < -0.3 is 14.8 Å². The zero-order chi connectivity index (χ0) is 18.6. The number of fused-ring (bicyclic) bond motifs is 1. The number of benzene rings is 3. The van der Waals surface area contributed by atoms with Gasteiger partial charge in [-0.05, 0) is 34.9 Å². The Bertz CT molecular complexity index is 995. The summed E-state index contributed by atoms with van der Waals surface area (Å²) in [4.78, 5) is 4.65. The number of ether oxygens (including phenoxy) is 2. The Hall–Kier alpha value is -2.85. The topological polar surface area (TPSA) is 42.9 Å². The highest BCUT2D eigenvalue weighted by atomic mass is 16.5. The van der Waals surface area contributed by atoms with E-state index < -0.39 is 0 Å². The van der Waals surface area contributed by atoms with Crippen LogP contribution in [0.15, 0.2) is 59.6 Å². The van der Waals surface area contributed by atoms with Crippen LogP contribution in [0.3, 0.4) is 0 Å². The highest BCUT2D eigenvalue weighted by molar-refractivity contribution is 6.11. The predicted molar refractivity (Wildman–Crippen MR) is 111 cm³/mol. The lowest BCUT2D eigenvalue weighted by atomic mass is 9.91. The highest BCUT2D eigenvalue weighted by Crippen LogP contribution is 2.41. The summed E-state index contributed by atoms with van der Waals surface area (Å²) in [7, 11) is 1.69. The quantitative estimate of drug-likeness (QED) is 0.670. The molecule has 3 aromatic carbocycles. The molecule has 3 aromatic rings. The fourth-order valence-corrected chi connectivity index (χ4v) is 3.58. The van der Waals surface area contributed by atoms with Crippen LogP contribution in [-0.2, 0) is 4.74 Å². The first-order chi connectivity index (χ1) is 13.3. The number of rotatable bonds is 6. The molecule has 4 nitrogen and oxygen atoms in total. The molecule has 0 aliphatic carbocycles.